The van der Waals surface area contributed by atoms with Crippen LogP contribution in [0.1, 0.15) is 13.3 Å². The molecule has 1 aromatic rings. The van der Waals surface area contributed by atoms with E-state index in [9.17, 15) is 0 Å². The molecule has 1 aromatic heterocycles. The van der Waals surface area contributed by atoms with Crippen molar-refractivity contribution in [3.05, 3.63) is 6.07 Å². The first-order chi connectivity index (χ1) is 8.17. The Balaban J connectivity index is 1.85. The van der Waals surface area contributed by atoms with Crippen LogP contribution in [0.25, 0.3) is 0 Å². The summed E-state index contributed by atoms with van der Waals surface area (Å²) in [5, 5.41) is 3.28. The second kappa shape index (κ2) is 5.18. The standard InChI is InChI=1S/C11H20N6/c1-2-17-4-3-8(7-17)6-14-10-5-9(12)15-11(13)16-10/h5,8H,2-4,6-7H2,1H3,(H5,12,13,14,15,16). The third-order valence-electron chi connectivity index (χ3n) is 3.15. The highest BCUT2D eigenvalue weighted by molar-refractivity contribution is 5.48. The van der Waals surface area contributed by atoms with Gasteiger partial charge in [0.25, 0.3) is 0 Å². The predicted octanol–water partition coefficient (Wildman–Crippen LogP) is 0.395. The number of hydrogen-bond acceptors (Lipinski definition) is 6. The van der Waals surface area contributed by atoms with E-state index in [2.05, 4.69) is 27.1 Å². The average molecular weight is 236 g/mol. The van der Waals surface area contributed by atoms with Crippen molar-refractivity contribution in [3.8, 4) is 0 Å². The van der Waals surface area contributed by atoms with Gasteiger partial charge in [-0.05, 0) is 25.4 Å². The summed E-state index contributed by atoms with van der Waals surface area (Å²) in [7, 11) is 0. The van der Waals surface area contributed by atoms with Crippen molar-refractivity contribution >= 4 is 17.6 Å². The summed E-state index contributed by atoms with van der Waals surface area (Å²) >= 11 is 0. The SMILES string of the molecule is CCN1CCC(CNc2cc(N)nc(N)n2)C1. The van der Waals surface area contributed by atoms with Gasteiger partial charge in [-0.2, -0.15) is 9.97 Å². The van der Waals surface area contributed by atoms with Gasteiger partial charge in [-0.15, -0.1) is 0 Å². The van der Waals surface area contributed by atoms with Crippen molar-refractivity contribution in [2.45, 2.75) is 13.3 Å². The third-order valence-corrected chi connectivity index (χ3v) is 3.15. The lowest BCUT2D eigenvalue weighted by Crippen LogP contribution is -2.22. The summed E-state index contributed by atoms with van der Waals surface area (Å²) < 4.78 is 0. The number of rotatable bonds is 4. The molecule has 94 valence electrons. The maximum absolute atomic E-state index is 5.61. The van der Waals surface area contributed by atoms with Crippen molar-refractivity contribution in [2.75, 3.05) is 43.0 Å². The number of anilines is 3. The maximum atomic E-state index is 5.61. The van der Waals surface area contributed by atoms with Crippen molar-refractivity contribution in [2.24, 2.45) is 5.92 Å². The quantitative estimate of drug-likeness (QED) is 0.700. The van der Waals surface area contributed by atoms with Crippen LogP contribution in [0.5, 0.6) is 0 Å². The number of hydrogen-bond donors (Lipinski definition) is 3. The predicted molar refractivity (Wildman–Crippen MR) is 69.6 cm³/mol. The minimum absolute atomic E-state index is 0.217. The fourth-order valence-electron chi connectivity index (χ4n) is 2.19. The fourth-order valence-corrected chi connectivity index (χ4v) is 2.19. The number of nitrogens with zero attached hydrogens (tertiary/aromatic N) is 3. The lowest BCUT2D eigenvalue weighted by Gasteiger charge is -2.14. The molecular formula is C11H20N6. The molecule has 0 saturated carbocycles. The highest BCUT2D eigenvalue weighted by atomic mass is 15.2. The van der Waals surface area contributed by atoms with Crippen LogP contribution in [-0.4, -0.2) is 41.0 Å². The van der Waals surface area contributed by atoms with E-state index in [-0.39, 0.29) is 5.95 Å². The molecule has 1 atom stereocenters. The van der Waals surface area contributed by atoms with E-state index < -0.39 is 0 Å². The smallest absolute Gasteiger partial charge is 0.223 e. The molecule has 0 spiro atoms. The van der Waals surface area contributed by atoms with Crippen LogP contribution in [0.4, 0.5) is 17.6 Å². The molecule has 0 aromatic carbocycles. The first-order valence-corrected chi connectivity index (χ1v) is 6.03. The van der Waals surface area contributed by atoms with Gasteiger partial charge in [0.1, 0.15) is 11.6 Å². The lowest BCUT2D eigenvalue weighted by atomic mass is 10.1. The molecule has 1 fully saturated rings. The average Bonchev–Trinajstić information content (AvgIpc) is 2.73. The number of likely N-dealkylation sites (tertiary alicyclic amines) is 1. The molecule has 1 unspecified atom stereocenters. The van der Waals surface area contributed by atoms with Gasteiger partial charge in [-0.25, -0.2) is 0 Å². The molecule has 5 N–H and O–H groups in total. The normalized spacial score (nSPS) is 20.6. The molecule has 0 radical (unpaired) electrons. The zero-order valence-corrected chi connectivity index (χ0v) is 10.2. The summed E-state index contributed by atoms with van der Waals surface area (Å²) in [4.78, 5) is 10.4. The molecule has 17 heavy (non-hydrogen) atoms. The number of nitrogens with one attached hydrogen (secondary N) is 1. The van der Waals surface area contributed by atoms with Crippen LogP contribution in [0, 0.1) is 5.92 Å². The van der Waals surface area contributed by atoms with Crippen LogP contribution in [0.2, 0.25) is 0 Å². The Hall–Kier alpha value is -1.56. The van der Waals surface area contributed by atoms with E-state index in [0.29, 0.717) is 17.6 Å². The van der Waals surface area contributed by atoms with E-state index >= 15 is 0 Å². The molecule has 1 aliphatic rings. The Kier molecular flexibility index (Phi) is 3.63. The second-order valence-electron chi connectivity index (χ2n) is 4.47. The van der Waals surface area contributed by atoms with E-state index in [1.165, 1.54) is 13.0 Å². The Bertz CT molecular complexity index is 360. The number of nitrogen functional groups attached to an aromatic ring is 2. The first-order valence-electron chi connectivity index (χ1n) is 6.03. The minimum atomic E-state index is 0.217. The van der Waals surface area contributed by atoms with Crippen LogP contribution in [-0.2, 0) is 0 Å². The van der Waals surface area contributed by atoms with Crippen molar-refractivity contribution in [1.82, 2.24) is 14.9 Å². The largest absolute Gasteiger partial charge is 0.383 e. The van der Waals surface area contributed by atoms with Gasteiger partial charge in [0.15, 0.2) is 0 Å². The minimum Gasteiger partial charge on any atom is -0.383 e. The van der Waals surface area contributed by atoms with Crippen LogP contribution < -0.4 is 16.8 Å². The second-order valence-corrected chi connectivity index (χ2v) is 4.47. The zero-order chi connectivity index (χ0) is 12.3. The molecule has 0 amide bonds. The van der Waals surface area contributed by atoms with Crippen LogP contribution in [0.15, 0.2) is 6.07 Å². The highest BCUT2D eigenvalue weighted by Gasteiger charge is 2.20. The molecule has 0 aliphatic carbocycles. The molecular weight excluding hydrogens is 216 g/mol. The van der Waals surface area contributed by atoms with E-state index in [1.807, 2.05) is 0 Å². The van der Waals surface area contributed by atoms with E-state index in [0.717, 1.165) is 19.6 Å². The van der Waals surface area contributed by atoms with Crippen molar-refractivity contribution in [3.63, 3.8) is 0 Å². The molecule has 6 heteroatoms. The maximum Gasteiger partial charge on any atom is 0.223 e. The molecule has 2 rings (SSSR count). The van der Waals surface area contributed by atoms with Gasteiger partial charge in [-0.1, -0.05) is 6.92 Å². The van der Waals surface area contributed by atoms with E-state index in [1.54, 1.807) is 6.07 Å². The molecule has 1 saturated heterocycles. The summed E-state index contributed by atoms with van der Waals surface area (Å²) in [6, 6.07) is 1.71. The highest BCUT2D eigenvalue weighted by Crippen LogP contribution is 2.17. The fraction of sp³-hybridized carbons (Fsp3) is 0.636. The van der Waals surface area contributed by atoms with Gasteiger partial charge in [0.2, 0.25) is 5.95 Å². The zero-order valence-electron chi connectivity index (χ0n) is 10.2. The van der Waals surface area contributed by atoms with Gasteiger partial charge < -0.3 is 21.7 Å². The Morgan fingerprint density at radius 1 is 1.47 bits per heavy atom. The topological polar surface area (TPSA) is 93.1 Å². The van der Waals surface area contributed by atoms with Gasteiger partial charge in [0.05, 0.1) is 0 Å². The Labute approximate surface area is 101 Å². The van der Waals surface area contributed by atoms with Gasteiger partial charge in [0, 0.05) is 19.2 Å². The monoisotopic (exact) mass is 236 g/mol. The van der Waals surface area contributed by atoms with Crippen molar-refractivity contribution in [1.29, 1.82) is 0 Å². The van der Waals surface area contributed by atoms with Crippen molar-refractivity contribution < 1.29 is 0 Å². The van der Waals surface area contributed by atoms with Crippen LogP contribution in [0.3, 0.4) is 0 Å². The molecule has 6 nitrogen and oxygen atoms in total. The summed E-state index contributed by atoms with van der Waals surface area (Å²) in [6.07, 6.45) is 1.23. The first kappa shape index (κ1) is 11.9. The van der Waals surface area contributed by atoms with E-state index in [4.69, 9.17) is 11.5 Å². The molecule has 1 aliphatic heterocycles. The lowest BCUT2D eigenvalue weighted by molar-refractivity contribution is 0.345. The molecule has 2 heterocycles. The summed E-state index contributed by atoms with van der Waals surface area (Å²) in [5.41, 5.74) is 11.1. The van der Waals surface area contributed by atoms with Gasteiger partial charge in [-0.3, -0.25) is 0 Å². The number of nitrogens with two attached hydrogens (primary N) is 2. The number of aromatic nitrogens is 2. The summed E-state index contributed by atoms with van der Waals surface area (Å²) in [5.74, 6) is 2.01. The Morgan fingerprint density at radius 3 is 2.94 bits per heavy atom. The van der Waals surface area contributed by atoms with Gasteiger partial charge >= 0.3 is 0 Å². The Morgan fingerprint density at radius 2 is 2.29 bits per heavy atom. The third kappa shape index (κ3) is 3.20. The van der Waals surface area contributed by atoms with Crippen LogP contribution >= 0.6 is 0 Å². The molecule has 0 bridgehead atoms. The summed E-state index contributed by atoms with van der Waals surface area (Å²) in [6.45, 7) is 6.58.